The maximum absolute atomic E-state index is 10.3. The van der Waals surface area contributed by atoms with Gasteiger partial charge in [-0.15, -0.1) is 0 Å². The highest BCUT2D eigenvalue weighted by Gasteiger charge is 2.38. The molecule has 1 fully saturated rings. The molecule has 2 atom stereocenters. The molecular weight excluding hydrogens is 202 g/mol. The molecule has 0 radical (unpaired) electrons. The van der Waals surface area contributed by atoms with Crippen LogP contribution in [0.1, 0.15) is 18.9 Å². The van der Waals surface area contributed by atoms with Gasteiger partial charge in [-0.25, -0.2) is 0 Å². The summed E-state index contributed by atoms with van der Waals surface area (Å²) in [7, 11) is 0. The highest BCUT2D eigenvalue weighted by molar-refractivity contribution is 5.14. The quantitative estimate of drug-likeness (QED) is 0.805. The molecule has 3 nitrogen and oxygen atoms in total. The average molecular weight is 221 g/mol. The van der Waals surface area contributed by atoms with Gasteiger partial charge >= 0.3 is 0 Å². The van der Waals surface area contributed by atoms with Crippen LogP contribution in [-0.4, -0.2) is 30.0 Å². The molecule has 1 aliphatic heterocycles. The molecule has 2 rings (SSSR count). The lowest BCUT2D eigenvalue weighted by Gasteiger charge is -2.26. The minimum Gasteiger partial charge on any atom is -0.386 e. The Balaban J connectivity index is 1.80. The van der Waals surface area contributed by atoms with E-state index in [0.717, 1.165) is 13.0 Å². The molecule has 1 saturated heterocycles. The molecule has 1 aliphatic rings. The summed E-state index contributed by atoms with van der Waals surface area (Å²) in [4.78, 5) is 0. The van der Waals surface area contributed by atoms with Crippen molar-refractivity contribution in [1.82, 2.24) is 5.32 Å². The predicted octanol–water partition coefficient (Wildman–Crippen LogP) is 1.32. The zero-order valence-corrected chi connectivity index (χ0v) is 9.65. The van der Waals surface area contributed by atoms with Crippen molar-refractivity contribution in [3.8, 4) is 0 Å². The van der Waals surface area contributed by atoms with Gasteiger partial charge in [0.2, 0.25) is 0 Å². The van der Waals surface area contributed by atoms with Crippen molar-refractivity contribution in [2.24, 2.45) is 0 Å². The monoisotopic (exact) mass is 221 g/mol. The Kier molecular flexibility index (Phi) is 3.59. The van der Waals surface area contributed by atoms with E-state index in [2.05, 4.69) is 17.4 Å². The number of hydrogen-bond donors (Lipinski definition) is 2. The van der Waals surface area contributed by atoms with Crippen LogP contribution in [0.3, 0.4) is 0 Å². The van der Waals surface area contributed by atoms with E-state index in [1.54, 1.807) is 0 Å². The Hall–Kier alpha value is -0.900. The Morgan fingerprint density at radius 2 is 2.19 bits per heavy atom. The Morgan fingerprint density at radius 1 is 1.44 bits per heavy atom. The van der Waals surface area contributed by atoms with Crippen molar-refractivity contribution in [2.75, 3.05) is 13.2 Å². The molecule has 3 heteroatoms. The summed E-state index contributed by atoms with van der Waals surface area (Å²) < 4.78 is 5.38. The summed E-state index contributed by atoms with van der Waals surface area (Å²) in [5.41, 5.74) is 0.534. The van der Waals surface area contributed by atoms with Crippen LogP contribution in [0.2, 0.25) is 0 Å². The lowest BCUT2D eigenvalue weighted by atomic mass is 9.96. The first-order chi connectivity index (χ1) is 7.71. The van der Waals surface area contributed by atoms with E-state index < -0.39 is 5.60 Å². The minimum absolute atomic E-state index is 0.0734. The van der Waals surface area contributed by atoms with Crippen molar-refractivity contribution in [3.05, 3.63) is 35.9 Å². The average Bonchev–Trinajstić information content (AvgIpc) is 2.61. The summed E-state index contributed by atoms with van der Waals surface area (Å²) in [6, 6.07) is 10.2. The summed E-state index contributed by atoms with van der Waals surface area (Å²) in [5, 5.41) is 13.5. The van der Waals surface area contributed by atoms with Crippen molar-refractivity contribution in [3.63, 3.8) is 0 Å². The van der Waals surface area contributed by atoms with Crippen molar-refractivity contribution >= 4 is 0 Å². The summed E-state index contributed by atoms with van der Waals surface area (Å²) in [5.74, 6) is 0. The second kappa shape index (κ2) is 4.95. The van der Waals surface area contributed by atoms with E-state index in [9.17, 15) is 5.11 Å². The van der Waals surface area contributed by atoms with Crippen LogP contribution in [0.4, 0.5) is 0 Å². The van der Waals surface area contributed by atoms with E-state index in [1.807, 2.05) is 25.1 Å². The fraction of sp³-hybridized carbons (Fsp3) is 0.538. The van der Waals surface area contributed by atoms with Crippen molar-refractivity contribution in [2.45, 2.75) is 31.6 Å². The standard InChI is InChI=1S/C13H19NO2/c1-11-13(15,7-8-16-11)10-14-9-12-5-3-2-4-6-12/h2-6,11,14-15H,7-10H2,1H3/t11-,13-/m0/s1. The first-order valence-electron chi connectivity index (χ1n) is 5.79. The minimum atomic E-state index is -0.700. The number of rotatable bonds is 4. The fourth-order valence-electron chi connectivity index (χ4n) is 2.02. The zero-order valence-electron chi connectivity index (χ0n) is 9.65. The maximum atomic E-state index is 10.3. The Morgan fingerprint density at radius 3 is 2.81 bits per heavy atom. The summed E-state index contributed by atoms with van der Waals surface area (Å²) in [6.45, 7) is 3.96. The van der Waals surface area contributed by atoms with Gasteiger partial charge in [-0.05, 0) is 12.5 Å². The van der Waals surface area contributed by atoms with Crippen LogP contribution < -0.4 is 5.32 Å². The summed E-state index contributed by atoms with van der Waals surface area (Å²) in [6.07, 6.45) is 0.645. The Labute approximate surface area is 96.4 Å². The van der Waals surface area contributed by atoms with Crippen LogP contribution in [0.25, 0.3) is 0 Å². The third kappa shape index (κ3) is 2.61. The third-order valence-corrected chi connectivity index (χ3v) is 3.26. The lowest BCUT2D eigenvalue weighted by Crippen LogP contribution is -2.45. The first kappa shape index (κ1) is 11.6. The van der Waals surface area contributed by atoms with Gasteiger partial charge in [-0.2, -0.15) is 0 Å². The van der Waals surface area contributed by atoms with Gasteiger partial charge in [0.25, 0.3) is 0 Å². The second-order valence-electron chi connectivity index (χ2n) is 4.46. The highest BCUT2D eigenvalue weighted by atomic mass is 16.5. The van der Waals surface area contributed by atoms with Crippen LogP contribution >= 0.6 is 0 Å². The normalized spacial score (nSPS) is 29.5. The van der Waals surface area contributed by atoms with E-state index in [4.69, 9.17) is 4.74 Å². The van der Waals surface area contributed by atoms with Crippen LogP contribution in [0.15, 0.2) is 30.3 Å². The number of nitrogens with one attached hydrogen (secondary N) is 1. The Bertz CT molecular complexity index is 328. The van der Waals surface area contributed by atoms with E-state index in [1.165, 1.54) is 5.56 Å². The van der Waals surface area contributed by atoms with Crippen LogP contribution in [0, 0.1) is 0 Å². The molecular formula is C13H19NO2. The van der Waals surface area contributed by atoms with Gasteiger partial charge in [-0.1, -0.05) is 30.3 Å². The topological polar surface area (TPSA) is 41.5 Å². The van der Waals surface area contributed by atoms with Crippen molar-refractivity contribution < 1.29 is 9.84 Å². The second-order valence-corrected chi connectivity index (χ2v) is 4.46. The number of hydrogen-bond acceptors (Lipinski definition) is 3. The van der Waals surface area contributed by atoms with Crippen LogP contribution in [-0.2, 0) is 11.3 Å². The molecule has 0 bridgehead atoms. The van der Waals surface area contributed by atoms with Gasteiger partial charge < -0.3 is 15.2 Å². The molecule has 16 heavy (non-hydrogen) atoms. The molecule has 88 valence electrons. The largest absolute Gasteiger partial charge is 0.386 e. The highest BCUT2D eigenvalue weighted by Crippen LogP contribution is 2.24. The molecule has 0 saturated carbocycles. The molecule has 2 N–H and O–H groups in total. The number of benzene rings is 1. The third-order valence-electron chi connectivity index (χ3n) is 3.26. The molecule has 1 aromatic rings. The van der Waals surface area contributed by atoms with E-state index in [-0.39, 0.29) is 6.10 Å². The maximum Gasteiger partial charge on any atom is 0.105 e. The molecule has 0 aromatic heterocycles. The van der Waals surface area contributed by atoms with Gasteiger partial charge in [0.05, 0.1) is 6.10 Å². The molecule has 0 spiro atoms. The molecule has 0 unspecified atom stereocenters. The zero-order chi connectivity index (χ0) is 11.4. The number of aliphatic hydroxyl groups is 1. The van der Waals surface area contributed by atoms with Gasteiger partial charge in [-0.3, -0.25) is 0 Å². The smallest absolute Gasteiger partial charge is 0.105 e. The van der Waals surface area contributed by atoms with Gasteiger partial charge in [0, 0.05) is 26.1 Å². The predicted molar refractivity (Wildman–Crippen MR) is 63.1 cm³/mol. The van der Waals surface area contributed by atoms with E-state index in [0.29, 0.717) is 13.2 Å². The lowest BCUT2D eigenvalue weighted by molar-refractivity contribution is -0.0262. The van der Waals surface area contributed by atoms with Gasteiger partial charge in [0.1, 0.15) is 5.60 Å². The molecule has 0 amide bonds. The summed E-state index contributed by atoms with van der Waals surface area (Å²) >= 11 is 0. The molecule has 1 aromatic carbocycles. The molecule has 0 aliphatic carbocycles. The van der Waals surface area contributed by atoms with Crippen LogP contribution in [0.5, 0.6) is 0 Å². The first-order valence-corrected chi connectivity index (χ1v) is 5.79. The number of ether oxygens (including phenoxy) is 1. The SMILES string of the molecule is C[C@@H]1OCC[C@]1(O)CNCc1ccccc1. The van der Waals surface area contributed by atoms with E-state index >= 15 is 0 Å². The molecule has 1 heterocycles. The van der Waals surface area contributed by atoms with Gasteiger partial charge in [0.15, 0.2) is 0 Å². The van der Waals surface area contributed by atoms with Crippen molar-refractivity contribution in [1.29, 1.82) is 0 Å². The fourth-order valence-corrected chi connectivity index (χ4v) is 2.02.